The second-order valence-electron chi connectivity index (χ2n) is 3.50. The molecule has 100 valence electrons. The first kappa shape index (κ1) is 14.3. The molecule has 1 rings (SSSR count). The van der Waals surface area contributed by atoms with Gasteiger partial charge in [-0.05, 0) is 18.2 Å². The maximum Gasteiger partial charge on any atom is 0.416 e. The van der Waals surface area contributed by atoms with Crippen molar-refractivity contribution in [3.63, 3.8) is 0 Å². The molecule has 0 aromatic heterocycles. The fraction of sp³-hybridized carbons (Fsp3) is 0.364. The van der Waals surface area contributed by atoms with E-state index in [1.54, 1.807) is 6.07 Å². The molecule has 1 unspecified atom stereocenters. The summed E-state index contributed by atoms with van der Waals surface area (Å²) < 4.78 is 40.9. The van der Waals surface area contributed by atoms with Gasteiger partial charge < -0.3 is 15.2 Å². The Morgan fingerprint density at radius 2 is 2.17 bits per heavy atom. The van der Waals surface area contributed by atoms with Gasteiger partial charge in [-0.1, -0.05) is 6.07 Å². The van der Waals surface area contributed by atoms with Crippen LogP contribution >= 0.6 is 0 Å². The minimum absolute atomic E-state index is 0.156. The van der Waals surface area contributed by atoms with Crippen molar-refractivity contribution in [3.8, 4) is 5.75 Å². The van der Waals surface area contributed by atoms with Crippen molar-refractivity contribution in [3.05, 3.63) is 29.8 Å². The molecule has 4 nitrogen and oxygen atoms in total. The third-order valence-corrected chi connectivity index (χ3v) is 2.17. The van der Waals surface area contributed by atoms with Crippen LogP contribution in [0.3, 0.4) is 0 Å². The normalized spacial score (nSPS) is 12.9. The maximum atomic E-state index is 12.0. The molecule has 1 aromatic carbocycles. The first-order valence-corrected chi connectivity index (χ1v) is 5.01. The van der Waals surface area contributed by atoms with Crippen LogP contribution in [-0.2, 0) is 0 Å². The number of rotatable bonds is 4. The molecule has 0 heterocycles. The molecule has 0 aliphatic rings. The van der Waals surface area contributed by atoms with Crippen LogP contribution in [0.5, 0.6) is 5.75 Å². The molecule has 0 aliphatic carbocycles. The molecule has 0 spiro atoms. The average Bonchev–Trinajstić information content (AvgIpc) is 2.34. The predicted octanol–water partition coefficient (Wildman–Crippen LogP) is 1.35. The smallest absolute Gasteiger partial charge is 0.416 e. The average molecular weight is 263 g/mol. The summed E-state index contributed by atoms with van der Waals surface area (Å²) in [5.74, 6) is -0.295. The Bertz CT molecular complexity index is 420. The van der Waals surface area contributed by atoms with Gasteiger partial charge in [0.2, 0.25) is 0 Å². The summed E-state index contributed by atoms with van der Waals surface area (Å²) >= 11 is 0. The maximum absolute atomic E-state index is 12.0. The molecule has 0 radical (unpaired) electrons. The fourth-order valence-electron chi connectivity index (χ4n) is 1.17. The molecule has 1 aromatic rings. The first-order valence-electron chi connectivity index (χ1n) is 5.01. The third kappa shape index (κ3) is 3.92. The quantitative estimate of drug-likeness (QED) is 0.862. The van der Waals surface area contributed by atoms with Crippen LogP contribution in [0.2, 0.25) is 0 Å². The number of amides is 1. The Kier molecular flexibility index (Phi) is 4.55. The largest absolute Gasteiger partial charge is 0.497 e. The van der Waals surface area contributed by atoms with E-state index in [-0.39, 0.29) is 5.56 Å². The van der Waals surface area contributed by atoms with E-state index in [2.05, 4.69) is 0 Å². The number of benzene rings is 1. The molecule has 7 heteroatoms. The molecule has 1 amide bonds. The summed E-state index contributed by atoms with van der Waals surface area (Å²) in [6.07, 6.45) is -7.33. The molecule has 2 N–H and O–H groups in total. The van der Waals surface area contributed by atoms with Crippen molar-refractivity contribution in [1.29, 1.82) is 0 Å². The molecular weight excluding hydrogens is 251 g/mol. The Labute approximate surface area is 101 Å². The number of halogens is 3. The minimum atomic E-state index is -4.75. The van der Waals surface area contributed by atoms with Gasteiger partial charge in [-0.3, -0.25) is 4.79 Å². The number of nitrogens with one attached hydrogen (secondary N) is 1. The predicted molar refractivity (Wildman–Crippen MR) is 57.4 cm³/mol. The highest BCUT2D eigenvalue weighted by molar-refractivity contribution is 5.94. The van der Waals surface area contributed by atoms with Gasteiger partial charge in [-0.15, -0.1) is 0 Å². The van der Waals surface area contributed by atoms with E-state index in [1.807, 2.05) is 5.32 Å². The number of hydrogen-bond donors (Lipinski definition) is 2. The van der Waals surface area contributed by atoms with Crippen LogP contribution < -0.4 is 10.1 Å². The zero-order valence-electron chi connectivity index (χ0n) is 9.49. The van der Waals surface area contributed by atoms with Gasteiger partial charge in [0, 0.05) is 5.56 Å². The molecule has 0 aliphatic heterocycles. The number of carbonyl (C=O) groups is 1. The fourth-order valence-corrected chi connectivity index (χ4v) is 1.17. The van der Waals surface area contributed by atoms with Gasteiger partial charge in [0.05, 0.1) is 13.7 Å². The number of alkyl halides is 3. The van der Waals surface area contributed by atoms with Crippen LogP contribution in [0.15, 0.2) is 24.3 Å². The summed E-state index contributed by atoms with van der Waals surface area (Å²) in [5, 5.41) is 10.7. The van der Waals surface area contributed by atoms with Gasteiger partial charge >= 0.3 is 6.18 Å². The van der Waals surface area contributed by atoms with Crippen LogP contribution in [0, 0.1) is 0 Å². The lowest BCUT2D eigenvalue weighted by Gasteiger charge is -2.15. The standard InChI is InChI=1S/C11H12F3NO3/c1-18-8-4-2-3-7(5-8)10(17)15-6-9(16)11(12,13)14/h2-5,9,16H,6H2,1H3,(H,15,17). The molecule has 1 atom stereocenters. The van der Waals surface area contributed by atoms with Crippen molar-refractivity contribution >= 4 is 5.91 Å². The Hall–Kier alpha value is -1.76. The van der Waals surface area contributed by atoms with Crippen LogP contribution in [0.1, 0.15) is 10.4 Å². The van der Waals surface area contributed by atoms with E-state index in [1.165, 1.54) is 25.3 Å². The molecule has 0 bridgehead atoms. The van der Waals surface area contributed by atoms with E-state index in [9.17, 15) is 18.0 Å². The monoisotopic (exact) mass is 263 g/mol. The summed E-state index contributed by atoms with van der Waals surface area (Å²) in [6.45, 7) is -0.889. The Morgan fingerprint density at radius 3 is 2.72 bits per heavy atom. The van der Waals surface area contributed by atoms with E-state index < -0.39 is 24.7 Å². The van der Waals surface area contributed by atoms with Gasteiger partial charge in [0.25, 0.3) is 5.91 Å². The first-order chi connectivity index (χ1) is 8.34. The highest BCUT2D eigenvalue weighted by Gasteiger charge is 2.38. The zero-order chi connectivity index (χ0) is 13.8. The van der Waals surface area contributed by atoms with Crippen molar-refractivity contribution in [2.45, 2.75) is 12.3 Å². The number of carbonyl (C=O) groups excluding carboxylic acids is 1. The van der Waals surface area contributed by atoms with Crippen LogP contribution in [0.4, 0.5) is 13.2 Å². The van der Waals surface area contributed by atoms with Crippen molar-refractivity contribution in [1.82, 2.24) is 5.32 Å². The lowest BCUT2D eigenvalue weighted by Crippen LogP contribution is -2.40. The van der Waals surface area contributed by atoms with E-state index in [0.29, 0.717) is 5.75 Å². The van der Waals surface area contributed by atoms with Crippen LogP contribution in [-0.4, -0.2) is 36.9 Å². The second kappa shape index (κ2) is 5.72. The lowest BCUT2D eigenvalue weighted by atomic mass is 10.2. The van der Waals surface area contributed by atoms with E-state index in [4.69, 9.17) is 9.84 Å². The van der Waals surface area contributed by atoms with Gasteiger partial charge in [0.1, 0.15) is 5.75 Å². The summed E-state index contributed by atoms with van der Waals surface area (Å²) in [4.78, 5) is 11.5. The van der Waals surface area contributed by atoms with Gasteiger partial charge in [-0.25, -0.2) is 0 Å². The van der Waals surface area contributed by atoms with Crippen molar-refractivity contribution in [2.75, 3.05) is 13.7 Å². The molecule has 18 heavy (non-hydrogen) atoms. The number of aliphatic hydroxyl groups excluding tert-OH is 1. The highest BCUT2D eigenvalue weighted by Crippen LogP contribution is 2.19. The number of hydrogen-bond acceptors (Lipinski definition) is 3. The number of ether oxygens (including phenoxy) is 1. The SMILES string of the molecule is COc1cccc(C(=O)NCC(O)C(F)(F)F)c1. The molecule has 0 saturated carbocycles. The topological polar surface area (TPSA) is 58.6 Å². The highest BCUT2D eigenvalue weighted by atomic mass is 19.4. The van der Waals surface area contributed by atoms with E-state index >= 15 is 0 Å². The number of methoxy groups -OCH3 is 1. The zero-order valence-corrected chi connectivity index (χ0v) is 9.49. The van der Waals surface area contributed by atoms with Gasteiger partial charge in [-0.2, -0.15) is 13.2 Å². The molecule has 0 saturated heterocycles. The summed E-state index contributed by atoms with van der Waals surface area (Å²) in [5.41, 5.74) is 0.156. The summed E-state index contributed by atoms with van der Waals surface area (Å²) in [6, 6.07) is 5.95. The molecule has 0 fully saturated rings. The molecular formula is C11H12F3NO3. The summed E-state index contributed by atoms with van der Waals surface area (Å²) in [7, 11) is 1.41. The Morgan fingerprint density at radius 1 is 1.50 bits per heavy atom. The Balaban J connectivity index is 2.60. The third-order valence-electron chi connectivity index (χ3n) is 2.17. The minimum Gasteiger partial charge on any atom is -0.497 e. The second-order valence-corrected chi connectivity index (χ2v) is 3.50. The van der Waals surface area contributed by atoms with Crippen molar-refractivity contribution in [2.24, 2.45) is 0 Å². The van der Waals surface area contributed by atoms with Crippen LogP contribution in [0.25, 0.3) is 0 Å². The van der Waals surface area contributed by atoms with Crippen molar-refractivity contribution < 1.29 is 27.8 Å². The number of aliphatic hydroxyl groups is 1. The lowest BCUT2D eigenvalue weighted by molar-refractivity contribution is -0.201. The van der Waals surface area contributed by atoms with Gasteiger partial charge in [0.15, 0.2) is 6.10 Å². The van der Waals surface area contributed by atoms with E-state index in [0.717, 1.165) is 0 Å².